The molecule has 0 aliphatic carbocycles. The fourth-order valence-electron chi connectivity index (χ4n) is 1.81. The number of nitrogens with one attached hydrogen (secondary N) is 1. The summed E-state index contributed by atoms with van der Waals surface area (Å²) in [5.74, 6) is -1.34. The second-order valence-corrected chi connectivity index (χ2v) is 4.40. The summed E-state index contributed by atoms with van der Waals surface area (Å²) in [5, 5.41) is 48.9. The van der Waals surface area contributed by atoms with Crippen LogP contribution in [0, 0.1) is 0 Å². The molecule has 8 nitrogen and oxygen atoms in total. The minimum Gasteiger partial charge on any atom is -0.480 e. The SMILES string of the molecule is O=C(O)[C@H](CS)NC1(CO)O[C@H](CO)[C@@H](O)[C@@H]1O. The summed E-state index contributed by atoms with van der Waals surface area (Å²) in [6, 6.07) is -1.18. The van der Waals surface area contributed by atoms with E-state index in [-0.39, 0.29) is 5.75 Å². The van der Waals surface area contributed by atoms with Gasteiger partial charge in [0.1, 0.15) is 24.4 Å². The van der Waals surface area contributed by atoms with Crippen molar-refractivity contribution in [1.82, 2.24) is 5.32 Å². The first-order valence-electron chi connectivity index (χ1n) is 5.29. The Balaban J connectivity index is 2.89. The fourth-order valence-corrected chi connectivity index (χ4v) is 2.06. The predicted octanol–water partition coefficient (Wildman–Crippen LogP) is -3.24. The number of ether oxygens (including phenoxy) is 1. The molecule has 0 aromatic heterocycles. The van der Waals surface area contributed by atoms with Gasteiger partial charge in [0.15, 0.2) is 5.72 Å². The van der Waals surface area contributed by atoms with Gasteiger partial charge in [-0.3, -0.25) is 10.1 Å². The molecule has 0 aromatic rings. The van der Waals surface area contributed by atoms with E-state index < -0.39 is 49.3 Å². The van der Waals surface area contributed by atoms with Gasteiger partial charge in [-0.05, 0) is 0 Å². The Hall–Kier alpha value is -0.420. The zero-order chi connectivity index (χ0) is 13.9. The van der Waals surface area contributed by atoms with Gasteiger partial charge in [0.25, 0.3) is 0 Å². The van der Waals surface area contributed by atoms with Gasteiger partial charge in [-0.15, -0.1) is 0 Å². The van der Waals surface area contributed by atoms with Gasteiger partial charge < -0.3 is 30.3 Å². The lowest BCUT2D eigenvalue weighted by molar-refractivity contribution is -0.157. The standard InChI is InChI=1S/C9H17NO7S/c11-1-5-6(13)7(14)9(3-12,17-5)10-4(2-18)8(15)16/h4-7,10-14,18H,1-3H2,(H,15,16)/t4-,5+,6+,7-,9?/m0/s1. The predicted molar refractivity (Wildman–Crippen MR) is 62.2 cm³/mol. The number of thiol groups is 1. The number of carboxylic acids is 1. The largest absolute Gasteiger partial charge is 0.480 e. The third-order valence-corrected chi connectivity index (χ3v) is 3.22. The van der Waals surface area contributed by atoms with Crippen molar-refractivity contribution in [3.63, 3.8) is 0 Å². The molecular weight excluding hydrogens is 266 g/mol. The summed E-state index contributed by atoms with van der Waals surface area (Å²) >= 11 is 3.83. The highest BCUT2D eigenvalue weighted by molar-refractivity contribution is 7.80. The molecule has 1 unspecified atom stereocenters. The third-order valence-electron chi connectivity index (χ3n) is 2.86. The van der Waals surface area contributed by atoms with E-state index in [1.807, 2.05) is 0 Å². The summed E-state index contributed by atoms with van der Waals surface area (Å²) < 4.78 is 5.15. The van der Waals surface area contributed by atoms with Gasteiger partial charge in [-0.2, -0.15) is 12.6 Å². The second-order valence-electron chi connectivity index (χ2n) is 4.04. The molecule has 1 aliphatic rings. The highest BCUT2D eigenvalue weighted by atomic mass is 32.1. The number of rotatable bonds is 6. The molecular formula is C9H17NO7S. The normalized spacial score (nSPS) is 37.7. The Morgan fingerprint density at radius 2 is 2.06 bits per heavy atom. The third kappa shape index (κ3) is 2.77. The fraction of sp³-hybridized carbons (Fsp3) is 0.889. The zero-order valence-corrected chi connectivity index (χ0v) is 10.3. The molecule has 0 bridgehead atoms. The molecule has 1 rings (SSSR count). The van der Waals surface area contributed by atoms with Gasteiger partial charge >= 0.3 is 5.97 Å². The molecule has 0 aromatic carbocycles. The van der Waals surface area contributed by atoms with Crippen molar-refractivity contribution in [3.8, 4) is 0 Å². The Bertz CT molecular complexity index is 305. The maximum absolute atomic E-state index is 10.9. The molecule has 1 fully saturated rings. The molecule has 5 atom stereocenters. The van der Waals surface area contributed by atoms with E-state index in [2.05, 4.69) is 17.9 Å². The number of carboxylic acid groups (broad SMARTS) is 1. The van der Waals surface area contributed by atoms with Crippen LogP contribution in [0.3, 0.4) is 0 Å². The van der Waals surface area contributed by atoms with Crippen molar-refractivity contribution in [3.05, 3.63) is 0 Å². The lowest BCUT2D eigenvalue weighted by Crippen LogP contribution is -2.62. The molecule has 9 heteroatoms. The van der Waals surface area contributed by atoms with Crippen LogP contribution < -0.4 is 5.32 Å². The van der Waals surface area contributed by atoms with E-state index in [4.69, 9.17) is 14.9 Å². The van der Waals surface area contributed by atoms with E-state index in [0.29, 0.717) is 0 Å². The van der Waals surface area contributed by atoms with Crippen LogP contribution >= 0.6 is 12.6 Å². The van der Waals surface area contributed by atoms with E-state index in [9.17, 15) is 20.1 Å². The van der Waals surface area contributed by atoms with Gasteiger partial charge in [0, 0.05) is 5.75 Å². The lowest BCUT2D eigenvalue weighted by atomic mass is 10.0. The molecule has 0 spiro atoms. The molecule has 0 amide bonds. The zero-order valence-electron chi connectivity index (χ0n) is 9.43. The van der Waals surface area contributed by atoms with Crippen LogP contribution in [-0.2, 0) is 9.53 Å². The maximum atomic E-state index is 10.9. The van der Waals surface area contributed by atoms with E-state index in [1.165, 1.54) is 0 Å². The summed E-state index contributed by atoms with van der Waals surface area (Å²) in [7, 11) is 0. The monoisotopic (exact) mass is 283 g/mol. The first-order chi connectivity index (χ1) is 8.41. The number of aliphatic hydroxyl groups is 4. The molecule has 6 N–H and O–H groups in total. The maximum Gasteiger partial charge on any atom is 0.321 e. The summed E-state index contributed by atoms with van der Waals surface area (Å²) in [4.78, 5) is 10.9. The van der Waals surface area contributed by atoms with Crippen molar-refractivity contribution < 1.29 is 35.1 Å². The van der Waals surface area contributed by atoms with Crippen LogP contribution in [0.5, 0.6) is 0 Å². The van der Waals surface area contributed by atoms with Crippen LogP contribution in [0.4, 0.5) is 0 Å². The molecule has 18 heavy (non-hydrogen) atoms. The Morgan fingerprint density at radius 3 is 2.39 bits per heavy atom. The molecule has 0 saturated carbocycles. The van der Waals surface area contributed by atoms with Crippen LogP contribution in [0.2, 0.25) is 0 Å². The molecule has 106 valence electrons. The van der Waals surface area contributed by atoms with Gasteiger partial charge in [0.2, 0.25) is 0 Å². The molecule has 1 heterocycles. The molecule has 0 radical (unpaired) electrons. The molecule has 1 saturated heterocycles. The first kappa shape index (κ1) is 15.6. The van der Waals surface area contributed by atoms with Gasteiger partial charge in [-0.25, -0.2) is 0 Å². The van der Waals surface area contributed by atoms with E-state index >= 15 is 0 Å². The average Bonchev–Trinajstić information content (AvgIpc) is 2.60. The lowest BCUT2D eigenvalue weighted by Gasteiger charge is -2.33. The first-order valence-corrected chi connectivity index (χ1v) is 5.92. The number of hydrogen-bond donors (Lipinski definition) is 7. The number of hydrogen-bond acceptors (Lipinski definition) is 8. The highest BCUT2D eigenvalue weighted by Gasteiger charge is 2.54. The quantitative estimate of drug-likeness (QED) is 0.252. The van der Waals surface area contributed by atoms with E-state index in [0.717, 1.165) is 0 Å². The van der Waals surface area contributed by atoms with Crippen molar-refractivity contribution in [1.29, 1.82) is 0 Å². The van der Waals surface area contributed by atoms with Crippen molar-refractivity contribution >= 4 is 18.6 Å². The minimum absolute atomic E-state index is 0.104. The van der Waals surface area contributed by atoms with E-state index in [1.54, 1.807) is 0 Å². The minimum atomic E-state index is -1.83. The number of aliphatic hydroxyl groups excluding tert-OH is 4. The highest BCUT2D eigenvalue weighted by Crippen LogP contribution is 2.29. The van der Waals surface area contributed by atoms with Crippen LogP contribution in [-0.4, -0.2) is 80.5 Å². The summed E-state index contributed by atoms with van der Waals surface area (Å²) in [5.41, 5.74) is -1.83. The Labute approximate surface area is 109 Å². The smallest absolute Gasteiger partial charge is 0.321 e. The Morgan fingerprint density at radius 1 is 1.44 bits per heavy atom. The topological polar surface area (TPSA) is 139 Å². The van der Waals surface area contributed by atoms with Crippen LogP contribution in [0.15, 0.2) is 0 Å². The molecule has 1 aliphatic heterocycles. The van der Waals surface area contributed by atoms with Crippen molar-refractivity contribution in [2.24, 2.45) is 0 Å². The summed E-state index contributed by atoms with van der Waals surface area (Å²) in [6.45, 7) is -1.33. The van der Waals surface area contributed by atoms with Gasteiger partial charge in [-0.1, -0.05) is 0 Å². The number of carbonyl (C=O) groups is 1. The Kier molecular flexibility index (Phi) is 5.34. The number of aliphatic carboxylic acids is 1. The average molecular weight is 283 g/mol. The van der Waals surface area contributed by atoms with Gasteiger partial charge in [0.05, 0.1) is 13.2 Å². The van der Waals surface area contributed by atoms with Crippen LogP contribution in [0.1, 0.15) is 0 Å². The second kappa shape index (κ2) is 6.15. The van der Waals surface area contributed by atoms with Crippen LogP contribution in [0.25, 0.3) is 0 Å². The summed E-state index contributed by atoms with van der Waals surface area (Å²) in [6.07, 6.45) is -4.10. The van der Waals surface area contributed by atoms with Crippen molar-refractivity contribution in [2.75, 3.05) is 19.0 Å². The van der Waals surface area contributed by atoms with Crippen molar-refractivity contribution in [2.45, 2.75) is 30.1 Å².